The van der Waals surface area contributed by atoms with Gasteiger partial charge in [0.05, 0.1) is 13.7 Å². The van der Waals surface area contributed by atoms with Crippen LogP contribution >= 0.6 is 0 Å². The molecule has 20 heavy (non-hydrogen) atoms. The summed E-state index contributed by atoms with van der Waals surface area (Å²) in [5.41, 5.74) is 1.85. The number of nitrogens with zero attached hydrogens (tertiary/aromatic N) is 1. The van der Waals surface area contributed by atoms with Gasteiger partial charge in [0.25, 0.3) is 5.91 Å². The van der Waals surface area contributed by atoms with Crippen LogP contribution < -0.4 is 14.4 Å². The summed E-state index contributed by atoms with van der Waals surface area (Å²) in [4.78, 5) is 13.9. The summed E-state index contributed by atoms with van der Waals surface area (Å²) in [6.45, 7) is 0.574. The van der Waals surface area contributed by atoms with Crippen molar-refractivity contribution >= 4 is 11.6 Å². The van der Waals surface area contributed by atoms with Gasteiger partial charge in [0.15, 0.2) is 6.61 Å². The van der Waals surface area contributed by atoms with Crippen molar-refractivity contribution in [3.8, 4) is 11.5 Å². The molecule has 4 heteroatoms. The monoisotopic (exact) mass is 269 g/mol. The van der Waals surface area contributed by atoms with Gasteiger partial charge in [-0.3, -0.25) is 4.79 Å². The van der Waals surface area contributed by atoms with Crippen molar-refractivity contribution in [2.24, 2.45) is 0 Å². The molecule has 1 aliphatic heterocycles. The van der Waals surface area contributed by atoms with Crippen molar-refractivity contribution in [1.29, 1.82) is 0 Å². The molecular weight excluding hydrogens is 254 g/mol. The number of amides is 1. The largest absolute Gasteiger partial charge is 0.497 e. The number of para-hydroxylation sites is 1. The fourth-order valence-electron chi connectivity index (χ4n) is 2.25. The van der Waals surface area contributed by atoms with Crippen molar-refractivity contribution in [1.82, 2.24) is 0 Å². The molecule has 0 spiro atoms. The molecule has 1 heterocycles. The lowest BCUT2D eigenvalue weighted by atomic mass is 10.2. The van der Waals surface area contributed by atoms with Crippen LogP contribution in [0.3, 0.4) is 0 Å². The van der Waals surface area contributed by atoms with Gasteiger partial charge in [-0.2, -0.15) is 0 Å². The summed E-state index contributed by atoms with van der Waals surface area (Å²) in [6.07, 6.45) is 0. The van der Waals surface area contributed by atoms with Crippen LogP contribution in [0.25, 0.3) is 0 Å². The average molecular weight is 269 g/mol. The smallest absolute Gasteiger partial charge is 0.265 e. The first-order valence-corrected chi connectivity index (χ1v) is 6.43. The Morgan fingerprint density at radius 3 is 2.60 bits per heavy atom. The zero-order valence-electron chi connectivity index (χ0n) is 11.2. The normalized spacial score (nSPS) is 14.2. The predicted molar refractivity (Wildman–Crippen MR) is 76.1 cm³/mol. The van der Waals surface area contributed by atoms with Crippen LogP contribution in [0.1, 0.15) is 5.56 Å². The maximum atomic E-state index is 12.2. The minimum atomic E-state index is -0.0497. The topological polar surface area (TPSA) is 38.8 Å². The Morgan fingerprint density at radius 2 is 1.85 bits per heavy atom. The Balaban J connectivity index is 1.93. The summed E-state index contributed by atoms with van der Waals surface area (Å²) in [7, 11) is 1.62. The van der Waals surface area contributed by atoms with E-state index in [2.05, 4.69) is 0 Å². The molecule has 0 aliphatic carbocycles. The van der Waals surface area contributed by atoms with Gasteiger partial charge in [-0.15, -0.1) is 0 Å². The van der Waals surface area contributed by atoms with E-state index in [4.69, 9.17) is 9.47 Å². The molecule has 4 nitrogen and oxygen atoms in total. The van der Waals surface area contributed by atoms with Crippen LogP contribution in [0.15, 0.2) is 48.5 Å². The van der Waals surface area contributed by atoms with Gasteiger partial charge in [-0.05, 0) is 30.3 Å². The fraction of sp³-hybridized carbons (Fsp3) is 0.188. The highest BCUT2D eigenvalue weighted by Crippen LogP contribution is 2.27. The molecule has 1 amide bonds. The molecule has 2 aromatic rings. The molecule has 0 aromatic heterocycles. The molecule has 0 bridgehead atoms. The van der Waals surface area contributed by atoms with E-state index in [9.17, 15) is 4.79 Å². The maximum absolute atomic E-state index is 12.2. The van der Waals surface area contributed by atoms with Crippen molar-refractivity contribution in [2.45, 2.75) is 6.54 Å². The van der Waals surface area contributed by atoms with Gasteiger partial charge in [0.2, 0.25) is 0 Å². The molecule has 102 valence electrons. The van der Waals surface area contributed by atoms with Crippen LogP contribution in [0, 0.1) is 0 Å². The number of hydrogen-bond acceptors (Lipinski definition) is 3. The highest BCUT2D eigenvalue weighted by atomic mass is 16.5. The zero-order chi connectivity index (χ0) is 13.9. The molecule has 0 saturated heterocycles. The first-order valence-electron chi connectivity index (χ1n) is 6.43. The van der Waals surface area contributed by atoms with Crippen LogP contribution in [-0.4, -0.2) is 19.6 Å². The van der Waals surface area contributed by atoms with E-state index < -0.39 is 0 Å². The van der Waals surface area contributed by atoms with Crippen molar-refractivity contribution in [2.75, 3.05) is 18.6 Å². The minimum Gasteiger partial charge on any atom is -0.497 e. The van der Waals surface area contributed by atoms with E-state index in [0.29, 0.717) is 6.54 Å². The molecule has 0 radical (unpaired) electrons. The maximum Gasteiger partial charge on any atom is 0.265 e. The van der Waals surface area contributed by atoms with Gasteiger partial charge in [0, 0.05) is 11.3 Å². The van der Waals surface area contributed by atoms with E-state index in [0.717, 1.165) is 22.7 Å². The molecule has 0 atom stereocenters. The van der Waals surface area contributed by atoms with Crippen LogP contribution in [0.2, 0.25) is 0 Å². The van der Waals surface area contributed by atoms with Crippen molar-refractivity contribution in [3.63, 3.8) is 0 Å². The summed E-state index contributed by atoms with van der Waals surface area (Å²) in [6, 6.07) is 15.2. The second-order valence-corrected chi connectivity index (χ2v) is 4.57. The lowest BCUT2D eigenvalue weighted by molar-refractivity contribution is -0.120. The van der Waals surface area contributed by atoms with E-state index in [1.165, 1.54) is 0 Å². The van der Waals surface area contributed by atoms with Gasteiger partial charge in [0.1, 0.15) is 11.5 Å². The number of rotatable bonds is 2. The number of carbonyl (C=O) groups excluding carboxylic acids is 1. The second-order valence-electron chi connectivity index (χ2n) is 4.57. The second kappa shape index (κ2) is 5.25. The minimum absolute atomic E-state index is 0.0497. The van der Waals surface area contributed by atoms with E-state index in [1.807, 2.05) is 48.5 Å². The number of fused-ring (bicyclic) bond motifs is 1. The average Bonchev–Trinajstić information content (AvgIpc) is 2.67. The summed E-state index contributed by atoms with van der Waals surface area (Å²) < 4.78 is 10.7. The first-order chi connectivity index (χ1) is 9.78. The molecule has 3 rings (SSSR count). The van der Waals surface area contributed by atoms with E-state index in [1.54, 1.807) is 12.0 Å². The summed E-state index contributed by atoms with van der Waals surface area (Å²) >= 11 is 0. The molecule has 0 unspecified atom stereocenters. The number of carbonyl (C=O) groups is 1. The third-order valence-corrected chi connectivity index (χ3v) is 3.34. The Bertz CT molecular complexity index is 622. The number of ether oxygens (including phenoxy) is 2. The number of hydrogen-bond donors (Lipinski definition) is 0. The van der Waals surface area contributed by atoms with Gasteiger partial charge >= 0.3 is 0 Å². The van der Waals surface area contributed by atoms with Gasteiger partial charge in [-0.25, -0.2) is 0 Å². The molecular formula is C16H15NO3. The number of methoxy groups -OCH3 is 1. The van der Waals surface area contributed by atoms with Crippen LogP contribution in [0.4, 0.5) is 5.69 Å². The summed E-state index contributed by atoms with van der Waals surface area (Å²) in [5, 5.41) is 0. The molecule has 1 aliphatic rings. The predicted octanol–water partition coefficient (Wildman–Crippen LogP) is 2.62. The lowest BCUT2D eigenvalue weighted by Crippen LogP contribution is -2.32. The third-order valence-electron chi connectivity index (χ3n) is 3.34. The van der Waals surface area contributed by atoms with Crippen LogP contribution in [-0.2, 0) is 11.3 Å². The Morgan fingerprint density at radius 1 is 1.10 bits per heavy atom. The van der Waals surface area contributed by atoms with Gasteiger partial charge in [-0.1, -0.05) is 18.2 Å². The lowest BCUT2D eigenvalue weighted by Gasteiger charge is -2.20. The zero-order valence-corrected chi connectivity index (χ0v) is 11.2. The molecule has 0 saturated carbocycles. The van der Waals surface area contributed by atoms with Crippen molar-refractivity contribution < 1.29 is 14.3 Å². The summed E-state index contributed by atoms with van der Waals surface area (Å²) in [5.74, 6) is 1.50. The highest BCUT2D eigenvalue weighted by molar-refractivity contribution is 5.95. The van der Waals surface area contributed by atoms with E-state index in [-0.39, 0.29) is 12.5 Å². The van der Waals surface area contributed by atoms with E-state index >= 15 is 0 Å². The van der Waals surface area contributed by atoms with Crippen molar-refractivity contribution in [3.05, 3.63) is 54.1 Å². The quantitative estimate of drug-likeness (QED) is 0.841. The Kier molecular flexibility index (Phi) is 3.29. The van der Waals surface area contributed by atoms with Gasteiger partial charge < -0.3 is 14.4 Å². The fourth-order valence-corrected chi connectivity index (χ4v) is 2.25. The number of anilines is 1. The molecule has 0 fully saturated rings. The standard InChI is InChI=1S/C16H15NO3/c1-19-14-8-6-13(7-9-14)17-10-12-4-2-3-5-15(12)20-11-16(17)18/h2-9H,10-11H2,1H3. The van der Waals surface area contributed by atoms with Crippen LogP contribution in [0.5, 0.6) is 11.5 Å². The number of benzene rings is 2. The third kappa shape index (κ3) is 2.32. The highest BCUT2D eigenvalue weighted by Gasteiger charge is 2.22. The SMILES string of the molecule is COc1ccc(N2Cc3ccccc3OCC2=O)cc1. The molecule has 0 N–H and O–H groups in total. The first kappa shape index (κ1) is 12.5. The molecule has 2 aromatic carbocycles. The Hall–Kier alpha value is -2.49. The Labute approximate surface area is 117 Å².